The van der Waals surface area contributed by atoms with E-state index < -0.39 is 85.5 Å². The Hall–Kier alpha value is -1.48. The Bertz CT molecular complexity index is 1250. The normalized spacial score (nSPS) is 15.0. The van der Waals surface area contributed by atoms with Gasteiger partial charge in [-0.1, -0.05) is 192 Å². The van der Waals surface area contributed by atoms with Gasteiger partial charge in [-0.25, -0.2) is 9.13 Å². The predicted molar refractivity (Wildman–Crippen MR) is 279 cm³/mol. The van der Waals surface area contributed by atoms with Gasteiger partial charge in [-0.15, -0.1) is 0 Å². The smallest absolute Gasteiger partial charge is 0.463 e. The minimum Gasteiger partial charge on any atom is -0.463 e. The van der Waals surface area contributed by atoms with Crippen LogP contribution in [0.2, 0.25) is 0 Å². The number of aliphatic hydroxyl groups excluding tert-OH is 3. The molecule has 0 bridgehead atoms. The van der Waals surface area contributed by atoms with Crippen molar-refractivity contribution >= 4 is 27.6 Å². The van der Waals surface area contributed by atoms with Gasteiger partial charge in [-0.05, 0) is 64.2 Å². The molecule has 5 N–H and O–H groups in total. The Morgan fingerprint density at radius 3 is 0.829 bits per heavy atom. The molecule has 0 aliphatic rings. The third-order valence-corrected chi connectivity index (χ3v) is 13.8. The zero-order valence-electron chi connectivity index (χ0n) is 44.0. The third-order valence-electron chi connectivity index (χ3n) is 11.9. The maximum absolute atomic E-state index is 12.2. The number of phosphoric acid groups is 2. The molecule has 0 aromatic heterocycles. The number of aliphatic hydroxyl groups is 3. The highest BCUT2D eigenvalue weighted by Crippen LogP contribution is 2.45. The number of unbranched alkanes of at least 4 members (excludes halogenated alkanes) is 30. The van der Waals surface area contributed by atoms with Crippen molar-refractivity contribution in [2.24, 2.45) is 0 Å². The average molecular weight is 1040 g/mol. The van der Waals surface area contributed by atoms with Crippen LogP contribution in [0.4, 0.5) is 0 Å². The zero-order chi connectivity index (χ0) is 51.7. The number of hydrogen-bond donors (Lipinski definition) is 5. The molecule has 414 valence electrons. The summed E-state index contributed by atoms with van der Waals surface area (Å²) in [5, 5.41) is 30.1. The van der Waals surface area contributed by atoms with Crippen molar-refractivity contribution in [2.75, 3.05) is 39.6 Å². The van der Waals surface area contributed by atoms with Crippen LogP contribution >= 0.6 is 15.6 Å². The van der Waals surface area contributed by atoms with Gasteiger partial charge < -0.3 is 34.6 Å². The SMILES string of the molecule is CCCCCCCC/C=C/CCCCCCCCCCCC(=O)OCC(O)COP(=O)(O)OCC(O)COP(=O)(O)OCC(O)COC(=O)CCCCCCCCCCC/C=C/CCCCCCCC. The van der Waals surface area contributed by atoms with Crippen LogP contribution in [0.5, 0.6) is 0 Å². The Morgan fingerprint density at radius 1 is 0.357 bits per heavy atom. The second kappa shape index (κ2) is 49.7. The number of carbonyl (C=O) groups excluding carboxylic acids is 2. The summed E-state index contributed by atoms with van der Waals surface area (Å²) in [5.41, 5.74) is 0. The van der Waals surface area contributed by atoms with Crippen LogP contribution < -0.4 is 0 Å². The standard InChI is InChI=1S/C53H102O15P2/c1-3-5-7-9-11-13-15-17-19-21-23-25-27-29-31-33-35-37-39-41-52(57)63-43-49(54)45-65-69(59,60)67-47-51(56)48-68-70(61,62)66-46-50(55)44-64-53(58)42-40-38-36-34-32-30-28-26-24-22-20-18-16-14-12-10-8-6-4-2/h17-20,49-51,54-56H,3-16,21-48H2,1-2H3,(H,59,60)(H,61,62)/b19-17+,20-18+. The van der Waals surface area contributed by atoms with Crippen molar-refractivity contribution < 1.29 is 71.4 Å². The lowest BCUT2D eigenvalue weighted by Gasteiger charge is -2.19. The largest absolute Gasteiger partial charge is 0.472 e. The van der Waals surface area contributed by atoms with Crippen molar-refractivity contribution in [3.05, 3.63) is 24.3 Å². The van der Waals surface area contributed by atoms with Crippen molar-refractivity contribution in [3.8, 4) is 0 Å². The molecular weight excluding hydrogens is 939 g/mol. The predicted octanol–water partition coefficient (Wildman–Crippen LogP) is 13.6. The van der Waals surface area contributed by atoms with E-state index in [9.17, 15) is 43.8 Å². The van der Waals surface area contributed by atoms with E-state index >= 15 is 0 Å². The summed E-state index contributed by atoms with van der Waals surface area (Å²) in [5.74, 6) is -0.991. The lowest BCUT2D eigenvalue weighted by Crippen LogP contribution is -2.25. The molecule has 0 aliphatic carbocycles. The Kier molecular flexibility index (Phi) is 48.7. The highest BCUT2D eigenvalue weighted by molar-refractivity contribution is 7.47. The molecule has 0 aromatic rings. The fraction of sp³-hybridized carbons (Fsp3) is 0.887. The van der Waals surface area contributed by atoms with Crippen molar-refractivity contribution in [1.82, 2.24) is 0 Å². The minimum atomic E-state index is -4.79. The molecule has 0 fully saturated rings. The van der Waals surface area contributed by atoms with Gasteiger partial charge in [0.25, 0.3) is 0 Å². The van der Waals surface area contributed by atoms with Crippen LogP contribution in [-0.4, -0.2) is 95.0 Å². The number of rotatable bonds is 54. The van der Waals surface area contributed by atoms with Gasteiger partial charge in [0.15, 0.2) is 0 Å². The zero-order valence-corrected chi connectivity index (χ0v) is 45.7. The fourth-order valence-electron chi connectivity index (χ4n) is 7.56. The maximum atomic E-state index is 12.2. The fourth-order valence-corrected chi connectivity index (χ4v) is 9.15. The van der Waals surface area contributed by atoms with E-state index in [1.807, 2.05) is 0 Å². The molecule has 0 aromatic carbocycles. The van der Waals surface area contributed by atoms with E-state index in [0.29, 0.717) is 12.8 Å². The number of hydrogen-bond acceptors (Lipinski definition) is 13. The molecule has 17 heteroatoms. The molecule has 4 atom stereocenters. The summed E-state index contributed by atoms with van der Waals surface area (Å²) in [4.78, 5) is 43.9. The molecule has 0 aliphatic heterocycles. The summed E-state index contributed by atoms with van der Waals surface area (Å²) >= 11 is 0. The van der Waals surface area contributed by atoms with Gasteiger partial charge in [0.2, 0.25) is 0 Å². The van der Waals surface area contributed by atoms with Crippen LogP contribution in [0.15, 0.2) is 24.3 Å². The highest BCUT2D eigenvalue weighted by atomic mass is 31.2. The highest BCUT2D eigenvalue weighted by Gasteiger charge is 2.28. The molecule has 0 spiro atoms. The van der Waals surface area contributed by atoms with Crippen molar-refractivity contribution in [2.45, 2.75) is 263 Å². The van der Waals surface area contributed by atoms with Crippen LogP contribution in [0.3, 0.4) is 0 Å². The number of phosphoric ester groups is 2. The molecule has 70 heavy (non-hydrogen) atoms. The lowest BCUT2D eigenvalue weighted by molar-refractivity contribution is -0.148. The van der Waals surface area contributed by atoms with Gasteiger partial charge in [0.1, 0.15) is 31.5 Å². The van der Waals surface area contributed by atoms with Crippen LogP contribution in [-0.2, 0) is 46.3 Å². The number of carbonyl (C=O) groups is 2. The van der Waals surface area contributed by atoms with Gasteiger partial charge in [0.05, 0.1) is 26.4 Å². The van der Waals surface area contributed by atoms with Crippen LogP contribution in [0, 0.1) is 0 Å². The van der Waals surface area contributed by atoms with E-state index in [4.69, 9.17) is 18.5 Å². The first-order valence-corrected chi connectivity index (χ1v) is 30.7. The molecule has 4 unspecified atom stereocenters. The molecule has 0 heterocycles. The molecule has 0 saturated heterocycles. The van der Waals surface area contributed by atoms with Gasteiger partial charge in [-0.3, -0.25) is 27.7 Å². The summed E-state index contributed by atoms with van der Waals surface area (Å²) < 4.78 is 53.2. The van der Waals surface area contributed by atoms with Gasteiger partial charge in [0, 0.05) is 12.8 Å². The number of esters is 2. The summed E-state index contributed by atoms with van der Waals surface area (Å²) in [6, 6.07) is 0. The van der Waals surface area contributed by atoms with Crippen molar-refractivity contribution in [1.29, 1.82) is 0 Å². The monoisotopic (exact) mass is 1040 g/mol. The quantitative estimate of drug-likeness (QED) is 0.0165. The Morgan fingerprint density at radius 2 is 0.571 bits per heavy atom. The molecule has 0 radical (unpaired) electrons. The van der Waals surface area contributed by atoms with Gasteiger partial charge >= 0.3 is 27.6 Å². The first kappa shape index (κ1) is 68.5. The molecule has 15 nitrogen and oxygen atoms in total. The van der Waals surface area contributed by atoms with Crippen molar-refractivity contribution in [3.63, 3.8) is 0 Å². The van der Waals surface area contributed by atoms with E-state index in [1.54, 1.807) is 0 Å². The Balaban J connectivity index is 3.81. The third kappa shape index (κ3) is 51.4. The number of allylic oxidation sites excluding steroid dienone is 4. The Labute approximate surface area is 424 Å². The summed E-state index contributed by atoms with van der Waals surface area (Å²) in [7, 11) is -9.57. The molecule has 0 saturated carbocycles. The molecule has 0 amide bonds. The van der Waals surface area contributed by atoms with Gasteiger partial charge in [-0.2, -0.15) is 0 Å². The van der Waals surface area contributed by atoms with E-state index in [-0.39, 0.29) is 12.8 Å². The minimum absolute atomic E-state index is 0.197. The second-order valence-corrected chi connectivity index (χ2v) is 21.9. The number of ether oxygens (including phenoxy) is 2. The lowest BCUT2D eigenvalue weighted by atomic mass is 10.1. The van der Waals surface area contributed by atoms with E-state index in [1.165, 1.54) is 167 Å². The molecular formula is C53H102O15P2. The topological polar surface area (TPSA) is 225 Å². The van der Waals surface area contributed by atoms with E-state index in [2.05, 4.69) is 47.2 Å². The van der Waals surface area contributed by atoms with E-state index in [0.717, 1.165) is 38.5 Å². The average Bonchev–Trinajstić information content (AvgIpc) is 3.34. The first-order chi connectivity index (χ1) is 33.8. The van der Waals surface area contributed by atoms with Crippen LogP contribution in [0.25, 0.3) is 0 Å². The summed E-state index contributed by atoms with van der Waals surface area (Å²) in [6.45, 7) is 0.462. The first-order valence-electron chi connectivity index (χ1n) is 27.7. The van der Waals surface area contributed by atoms with Crippen LogP contribution in [0.1, 0.15) is 245 Å². The summed E-state index contributed by atoms with van der Waals surface area (Å²) in [6.07, 6.45) is 45.8. The maximum Gasteiger partial charge on any atom is 0.472 e. The second-order valence-electron chi connectivity index (χ2n) is 18.9. The molecule has 0 rings (SSSR count).